The number of carbonyl (C=O) groups excluding carboxylic acids is 1. The second kappa shape index (κ2) is 8.38. The molecule has 1 aromatic heterocycles. The van der Waals surface area contributed by atoms with Gasteiger partial charge in [0.05, 0.1) is 11.4 Å². The molecule has 3 aromatic rings. The summed E-state index contributed by atoms with van der Waals surface area (Å²) in [5, 5.41) is 16.9. The quantitative estimate of drug-likeness (QED) is 0.655. The Morgan fingerprint density at radius 3 is 2.60 bits per heavy atom. The van der Waals surface area contributed by atoms with E-state index in [9.17, 15) is 14.0 Å². The molecule has 1 aliphatic rings. The first-order valence-electron chi connectivity index (χ1n) is 9.52. The third kappa shape index (κ3) is 4.13. The number of hydrogen-bond acceptors (Lipinski definition) is 4. The number of nitrogens with one attached hydrogen (secondary N) is 1. The molecule has 0 aliphatic heterocycles. The lowest BCUT2D eigenvalue weighted by atomic mass is 9.81. The predicted molar refractivity (Wildman–Crippen MR) is 111 cm³/mol. The van der Waals surface area contributed by atoms with Crippen LogP contribution < -0.4 is 10.9 Å². The zero-order chi connectivity index (χ0) is 21.3. The topological polar surface area (TPSA) is 84.2 Å². The largest absolute Gasteiger partial charge is 0.396 e. The molecule has 154 valence electrons. The SMILES string of the molecule is O=C(NC1CC(CO)C1)c1cc(-c2ccc(Cl)cc2)nn(-c2cccc(F)c2)c1=O. The maximum absolute atomic E-state index is 13.7. The van der Waals surface area contributed by atoms with Crippen molar-refractivity contribution in [2.24, 2.45) is 5.92 Å². The monoisotopic (exact) mass is 427 g/mol. The highest BCUT2D eigenvalue weighted by molar-refractivity contribution is 6.30. The van der Waals surface area contributed by atoms with Crippen LogP contribution in [0.4, 0.5) is 4.39 Å². The Hall–Kier alpha value is -3.03. The fraction of sp³-hybridized carbons (Fsp3) is 0.227. The summed E-state index contributed by atoms with van der Waals surface area (Å²) in [5.41, 5.74) is 0.513. The molecule has 1 fully saturated rings. The summed E-state index contributed by atoms with van der Waals surface area (Å²) in [5.74, 6) is -0.876. The van der Waals surface area contributed by atoms with Crippen molar-refractivity contribution in [3.05, 3.63) is 81.4 Å². The fourth-order valence-electron chi connectivity index (χ4n) is 3.47. The fourth-order valence-corrected chi connectivity index (χ4v) is 3.59. The first-order chi connectivity index (χ1) is 14.4. The van der Waals surface area contributed by atoms with Gasteiger partial charge in [-0.25, -0.2) is 4.39 Å². The molecule has 30 heavy (non-hydrogen) atoms. The van der Waals surface area contributed by atoms with E-state index in [2.05, 4.69) is 10.4 Å². The predicted octanol–water partition coefficient (Wildman–Crippen LogP) is 3.19. The van der Waals surface area contributed by atoms with Crippen LogP contribution in [0.25, 0.3) is 16.9 Å². The van der Waals surface area contributed by atoms with Crippen LogP contribution in [0.5, 0.6) is 0 Å². The highest BCUT2D eigenvalue weighted by Gasteiger charge is 2.30. The normalized spacial score (nSPS) is 18.0. The molecule has 0 radical (unpaired) electrons. The average Bonchev–Trinajstić information content (AvgIpc) is 2.71. The summed E-state index contributed by atoms with van der Waals surface area (Å²) in [6.45, 7) is 0.0781. The van der Waals surface area contributed by atoms with Crippen LogP contribution in [0.2, 0.25) is 5.02 Å². The number of aliphatic hydroxyl groups is 1. The van der Waals surface area contributed by atoms with Gasteiger partial charge in [-0.3, -0.25) is 9.59 Å². The molecule has 0 saturated heterocycles. The number of rotatable bonds is 5. The molecule has 0 bridgehead atoms. The van der Waals surface area contributed by atoms with Gasteiger partial charge in [0.25, 0.3) is 11.5 Å². The smallest absolute Gasteiger partial charge is 0.284 e. The molecule has 6 nitrogen and oxygen atoms in total. The maximum atomic E-state index is 13.7. The second-order valence-electron chi connectivity index (χ2n) is 7.34. The molecular formula is C22H19ClFN3O3. The lowest BCUT2D eigenvalue weighted by Crippen LogP contribution is -2.47. The molecule has 0 spiro atoms. The van der Waals surface area contributed by atoms with E-state index in [0.717, 1.165) is 4.68 Å². The van der Waals surface area contributed by atoms with Crippen molar-refractivity contribution in [2.45, 2.75) is 18.9 Å². The Labute approximate surface area is 176 Å². The molecule has 1 aliphatic carbocycles. The third-order valence-electron chi connectivity index (χ3n) is 5.18. The van der Waals surface area contributed by atoms with Crippen molar-refractivity contribution >= 4 is 17.5 Å². The summed E-state index contributed by atoms with van der Waals surface area (Å²) in [4.78, 5) is 25.9. The molecule has 0 unspecified atom stereocenters. The highest BCUT2D eigenvalue weighted by atomic mass is 35.5. The summed E-state index contributed by atoms with van der Waals surface area (Å²) >= 11 is 5.95. The minimum Gasteiger partial charge on any atom is -0.396 e. The summed E-state index contributed by atoms with van der Waals surface area (Å²) < 4.78 is 14.8. The molecule has 2 N–H and O–H groups in total. The van der Waals surface area contributed by atoms with E-state index >= 15 is 0 Å². The van der Waals surface area contributed by atoms with E-state index in [4.69, 9.17) is 16.7 Å². The number of halogens is 2. The zero-order valence-corrected chi connectivity index (χ0v) is 16.6. The number of carbonyl (C=O) groups is 1. The molecule has 4 rings (SSSR count). The van der Waals surface area contributed by atoms with Crippen LogP contribution in [0, 0.1) is 11.7 Å². The van der Waals surface area contributed by atoms with Crippen molar-refractivity contribution in [1.29, 1.82) is 0 Å². The van der Waals surface area contributed by atoms with Gasteiger partial charge in [0.15, 0.2) is 0 Å². The van der Waals surface area contributed by atoms with Crippen molar-refractivity contribution in [3.8, 4) is 16.9 Å². The summed E-state index contributed by atoms with van der Waals surface area (Å²) in [6.07, 6.45) is 1.32. The van der Waals surface area contributed by atoms with E-state index in [1.54, 1.807) is 30.3 Å². The Morgan fingerprint density at radius 1 is 1.20 bits per heavy atom. The summed E-state index contributed by atoms with van der Waals surface area (Å²) in [6, 6.07) is 13.6. The van der Waals surface area contributed by atoms with Gasteiger partial charge in [0, 0.05) is 23.2 Å². The van der Waals surface area contributed by atoms with Gasteiger partial charge >= 0.3 is 0 Å². The van der Waals surface area contributed by atoms with Crippen molar-refractivity contribution in [2.75, 3.05) is 6.61 Å². The molecule has 2 aromatic carbocycles. The van der Waals surface area contributed by atoms with Crippen LogP contribution in [0.15, 0.2) is 59.4 Å². The van der Waals surface area contributed by atoms with Gasteiger partial charge in [-0.15, -0.1) is 0 Å². The Kier molecular flexibility index (Phi) is 5.65. The van der Waals surface area contributed by atoms with E-state index in [1.807, 2.05) is 0 Å². The summed E-state index contributed by atoms with van der Waals surface area (Å²) in [7, 11) is 0. The van der Waals surface area contributed by atoms with Gasteiger partial charge < -0.3 is 10.4 Å². The van der Waals surface area contributed by atoms with Crippen molar-refractivity contribution in [1.82, 2.24) is 15.1 Å². The molecule has 1 amide bonds. The minimum atomic E-state index is -0.645. The first-order valence-corrected chi connectivity index (χ1v) is 9.90. The first kappa shape index (κ1) is 20.3. The van der Waals surface area contributed by atoms with E-state index < -0.39 is 17.3 Å². The molecular weight excluding hydrogens is 409 g/mol. The Bertz CT molecular complexity index is 1140. The van der Waals surface area contributed by atoms with Gasteiger partial charge in [0.1, 0.15) is 11.4 Å². The number of benzene rings is 2. The zero-order valence-electron chi connectivity index (χ0n) is 15.9. The number of amides is 1. The van der Waals surface area contributed by atoms with E-state index in [1.165, 1.54) is 24.3 Å². The second-order valence-corrected chi connectivity index (χ2v) is 7.77. The van der Waals surface area contributed by atoms with Gasteiger partial charge in [-0.1, -0.05) is 29.8 Å². The van der Waals surface area contributed by atoms with Crippen molar-refractivity contribution < 1.29 is 14.3 Å². The third-order valence-corrected chi connectivity index (χ3v) is 5.43. The van der Waals surface area contributed by atoms with Gasteiger partial charge in [-0.2, -0.15) is 9.78 Å². The van der Waals surface area contributed by atoms with E-state index in [0.29, 0.717) is 29.1 Å². The maximum Gasteiger partial charge on any atom is 0.284 e. The molecule has 1 heterocycles. The molecule has 1 saturated carbocycles. The average molecular weight is 428 g/mol. The van der Waals surface area contributed by atoms with Crippen LogP contribution >= 0.6 is 11.6 Å². The number of nitrogens with zero attached hydrogens (tertiary/aromatic N) is 2. The highest BCUT2D eigenvalue weighted by Crippen LogP contribution is 2.27. The molecule has 0 atom stereocenters. The Balaban J connectivity index is 1.77. The number of aromatic nitrogens is 2. The standard InChI is InChI=1S/C22H19ClFN3O3/c23-15-6-4-14(5-7-15)20-11-19(21(29)25-17-8-13(9-17)12-28)22(30)27(26-20)18-3-1-2-16(24)10-18/h1-7,10-11,13,17,28H,8-9,12H2,(H,25,29). The van der Waals surface area contributed by atoms with Crippen LogP contribution in [0.1, 0.15) is 23.2 Å². The lowest BCUT2D eigenvalue weighted by molar-refractivity contribution is 0.0830. The van der Waals surface area contributed by atoms with Gasteiger partial charge in [-0.05, 0) is 55.2 Å². The number of hydrogen-bond donors (Lipinski definition) is 2. The van der Waals surface area contributed by atoms with Crippen LogP contribution in [0.3, 0.4) is 0 Å². The van der Waals surface area contributed by atoms with Crippen LogP contribution in [-0.4, -0.2) is 33.4 Å². The van der Waals surface area contributed by atoms with Crippen molar-refractivity contribution in [3.63, 3.8) is 0 Å². The molecule has 8 heteroatoms. The number of aliphatic hydroxyl groups excluding tert-OH is 1. The van der Waals surface area contributed by atoms with Gasteiger partial charge in [0.2, 0.25) is 0 Å². The van der Waals surface area contributed by atoms with E-state index in [-0.39, 0.29) is 29.8 Å². The minimum absolute atomic E-state index is 0.0781. The van der Waals surface area contributed by atoms with Crippen LogP contribution in [-0.2, 0) is 0 Å². The Morgan fingerprint density at radius 2 is 1.93 bits per heavy atom. The lowest BCUT2D eigenvalue weighted by Gasteiger charge is -2.34.